The molecule has 2 heterocycles. The van der Waals surface area contributed by atoms with Gasteiger partial charge in [-0.1, -0.05) is 73.5 Å². The van der Waals surface area contributed by atoms with Gasteiger partial charge in [0.05, 0.1) is 17.7 Å². The fourth-order valence-corrected chi connectivity index (χ4v) is 7.29. The van der Waals surface area contributed by atoms with Crippen molar-refractivity contribution >= 4 is 58.0 Å². The normalized spacial score (nSPS) is 15.6. The molecule has 1 unspecified atom stereocenters. The second-order valence-electron chi connectivity index (χ2n) is 13.7. The molecule has 1 atom stereocenters. The van der Waals surface area contributed by atoms with Crippen molar-refractivity contribution in [1.82, 2.24) is 15.5 Å². The standard InChI is InChI=1S/C44H45ClN4O7/c45-25-24-34(29-9-4-3-5-10-29)40(30-14-18-32(50)19-15-30)31-16-20-33(21-17-31)56-28-27-47-38(51)13-6-1-2-7-26-46-36-12-8-11-35-41(36)44(55)49(43(35)54)37-22-23-39(52)48-42(37)53/h3-5,8-12,14-21,37,46,50H,1-2,6-7,13,22-28H2,(H,47,51)(H,48,52,53). The number of amides is 5. The highest BCUT2D eigenvalue weighted by molar-refractivity contribution is 6.25. The summed E-state index contributed by atoms with van der Waals surface area (Å²) in [7, 11) is 0. The Balaban J connectivity index is 0.910. The maximum Gasteiger partial charge on any atom is 0.264 e. The first-order valence-electron chi connectivity index (χ1n) is 19.0. The lowest BCUT2D eigenvalue weighted by molar-refractivity contribution is -0.136. The molecule has 0 saturated carbocycles. The molecule has 12 heteroatoms. The van der Waals surface area contributed by atoms with Gasteiger partial charge >= 0.3 is 0 Å². The highest BCUT2D eigenvalue weighted by Crippen LogP contribution is 2.36. The fourth-order valence-electron chi connectivity index (χ4n) is 7.11. The number of nitrogens with one attached hydrogen (secondary N) is 3. The number of hydrogen-bond donors (Lipinski definition) is 4. The number of aromatic hydroxyl groups is 1. The summed E-state index contributed by atoms with van der Waals surface area (Å²) in [5, 5.41) is 18.3. The minimum Gasteiger partial charge on any atom is -0.508 e. The molecular weight excluding hydrogens is 732 g/mol. The second kappa shape index (κ2) is 19.1. The number of ether oxygens (including phenoxy) is 1. The van der Waals surface area contributed by atoms with Crippen LogP contribution in [-0.4, -0.2) is 71.2 Å². The van der Waals surface area contributed by atoms with Gasteiger partial charge in [0.2, 0.25) is 17.7 Å². The van der Waals surface area contributed by atoms with Crippen molar-refractivity contribution in [2.24, 2.45) is 0 Å². The molecule has 0 bridgehead atoms. The molecule has 4 aromatic carbocycles. The number of carbonyl (C=O) groups is 5. The maximum atomic E-state index is 13.3. The molecule has 1 saturated heterocycles. The van der Waals surface area contributed by atoms with Gasteiger partial charge in [-0.25, -0.2) is 0 Å². The second-order valence-corrected chi connectivity index (χ2v) is 14.1. The number of rotatable bonds is 18. The van der Waals surface area contributed by atoms with E-state index in [-0.39, 0.29) is 35.6 Å². The number of fused-ring (bicyclic) bond motifs is 1. The highest BCUT2D eigenvalue weighted by Gasteiger charge is 2.45. The first-order chi connectivity index (χ1) is 27.2. The first-order valence-corrected chi connectivity index (χ1v) is 19.5. The Kier molecular flexibility index (Phi) is 13.5. The summed E-state index contributed by atoms with van der Waals surface area (Å²) in [6.07, 6.45) is 4.48. The predicted molar refractivity (Wildman–Crippen MR) is 215 cm³/mol. The third-order valence-electron chi connectivity index (χ3n) is 9.87. The van der Waals surface area contributed by atoms with Gasteiger partial charge in [-0.3, -0.25) is 34.2 Å². The number of unbranched alkanes of at least 4 members (excludes halogenated alkanes) is 3. The predicted octanol–water partition coefficient (Wildman–Crippen LogP) is 6.94. The lowest BCUT2D eigenvalue weighted by Crippen LogP contribution is -2.54. The van der Waals surface area contributed by atoms with Crippen molar-refractivity contribution in [3.05, 3.63) is 125 Å². The van der Waals surface area contributed by atoms with E-state index >= 15 is 0 Å². The van der Waals surface area contributed by atoms with Gasteiger partial charge in [-0.05, 0) is 89.9 Å². The number of phenols is 1. The SMILES string of the molecule is O=C(CCCCCCNc1cccc2c1C(=O)N(C1CCC(=O)NC1=O)C2=O)NCCOc1ccc(C(=C(CCCl)c2ccccc2)c2ccc(O)cc2)cc1. The van der Waals surface area contributed by atoms with E-state index < -0.39 is 29.7 Å². The van der Waals surface area contributed by atoms with Crippen LogP contribution in [0.15, 0.2) is 97.1 Å². The molecule has 0 aromatic heterocycles. The average molecular weight is 777 g/mol. The summed E-state index contributed by atoms with van der Waals surface area (Å²) in [4.78, 5) is 63.7. The number of alkyl halides is 1. The van der Waals surface area contributed by atoms with Crippen molar-refractivity contribution in [2.75, 3.05) is 30.9 Å². The number of allylic oxidation sites excluding steroid dienone is 1. The Morgan fingerprint density at radius 2 is 1.50 bits per heavy atom. The summed E-state index contributed by atoms with van der Waals surface area (Å²) in [5.41, 5.74) is 6.18. The topological polar surface area (TPSA) is 154 Å². The Hall–Kier alpha value is -5.94. The summed E-state index contributed by atoms with van der Waals surface area (Å²) in [6.45, 7) is 1.26. The van der Waals surface area contributed by atoms with Crippen LogP contribution in [0, 0.1) is 0 Å². The number of halogens is 1. The van der Waals surface area contributed by atoms with E-state index in [0.717, 1.165) is 58.4 Å². The number of phenolic OH excluding ortho intramolecular Hbond substituents is 1. The van der Waals surface area contributed by atoms with Crippen LogP contribution in [0.2, 0.25) is 0 Å². The molecule has 11 nitrogen and oxygen atoms in total. The summed E-state index contributed by atoms with van der Waals surface area (Å²) in [5.74, 6) is -0.828. The third kappa shape index (κ3) is 9.64. The van der Waals surface area contributed by atoms with Gasteiger partial charge in [0.25, 0.3) is 11.8 Å². The van der Waals surface area contributed by atoms with E-state index in [2.05, 4.69) is 28.1 Å². The number of piperidine rings is 1. The number of nitrogens with zero attached hydrogens (tertiary/aromatic N) is 1. The van der Waals surface area contributed by atoms with Crippen LogP contribution in [0.4, 0.5) is 5.69 Å². The number of benzene rings is 4. The lowest BCUT2D eigenvalue weighted by atomic mass is 9.88. The summed E-state index contributed by atoms with van der Waals surface area (Å²) < 4.78 is 5.93. The zero-order valence-electron chi connectivity index (χ0n) is 31.0. The lowest BCUT2D eigenvalue weighted by Gasteiger charge is -2.27. The molecule has 0 aliphatic carbocycles. The van der Waals surface area contributed by atoms with Crippen LogP contribution in [0.1, 0.15) is 88.8 Å². The highest BCUT2D eigenvalue weighted by atomic mass is 35.5. The Morgan fingerprint density at radius 1 is 0.786 bits per heavy atom. The fraction of sp³-hybridized carbons (Fsp3) is 0.295. The van der Waals surface area contributed by atoms with Gasteiger partial charge in [0.15, 0.2) is 0 Å². The number of hydrogen-bond acceptors (Lipinski definition) is 8. The molecule has 4 aromatic rings. The average Bonchev–Trinajstić information content (AvgIpc) is 3.46. The minimum atomic E-state index is -1.01. The van der Waals surface area contributed by atoms with Gasteiger partial charge < -0.3 is 20.5 Å². The van der Waals surface area contributed by atoms with Gasteiger partial charge in [-0.2, -0.15) is 0 Å². The van der Waals surface area contributed by atoms with Crippen molar-refractivity contribution in [3.8, 4) is 11.5 Å². The number of anilines is 1. The van der Waals surface area contributed by atoms with Crippen LogP contribution in [0.3, 0.4) is 0 Å². The first kappa shape index (κ1) is 39.7. The van der Waals surface area contributed by atoms with Crippen molar-refractivity contribution in [1.29, 1.82) is 0 Å². The summed E-state index contributed by atoms with van der Waals surface area (Å²) in [6, 6.07) is 29.1. The van der Waals surface area contributed by atoms with Crippen LogP contribution >= 0.6 is 11.6 Å². The zero-order chi connectivity index (χ0) is 39.4. The van der Waals surface area contributed by atoms with Gasteiger partial charge in [0, 0.05) is 31.0 Å². The largest absolute Gasteiger partial charge is 0.508 e. The molecule has 0 radical (unpaired) electrons. The van der Waals surface area contributed by atoms with Gasteiger partial charge in [-0.15, -0.1) is 11.6 Å². The van der Waals surface area contributed by atoms with E-state index in [1.54, 1.807) is 30.3 Å². The molecule has 56 heavy (non-hydrogen) atoms. The smallest absolute Gasteiger partial charge is 0.264 e. The van der Waals surface area contributed by atoms with Gasteiger partial charge in [0.1, 0.15) is 24.1 Å². The van der Waals surface area contributed by atoms with E-state index in [1.807, 2.05) is 54.6 Å². The molecule has 2 aliphatic heterocycles. The molecular formula is C44H45ClN4O7. The number of carbonyl (C=O) groups excluding carboxylic acids is 5. The molecule has 5 amide bonds. The van der Waals surface area contributed by atoms with Crippen LogP contribution < -0.4 is 20.7 Å². The van der Waals surface area contributed by atoms with Crippen molar-refractivity contribution in [2.45, 2.75) is 57.4 Å². The molecule has 2 aliphatic rings. The van der Waals surface area contributed by atoms with E-state index in [4.69, 9.17) is 16.3 Å². The maximum absolute atomic E-state index is 13.3. The molecule has 4 N–H and O–H groups in total. The Morgan fingerprint density at radius 3 is 2.21 bits per heavy atom. The Labute approximate surface area is 331 Å². The van der Waals surface area contributed by atoms with E-state index in [9.17, 15) is 29.1 Å². The van der Waals surface area contributed by atoms with Crippen molar-refractivity contribution in [3.63, 3.8) is 0 Å². The monoisotopic (exact) mass is 776 g/mol. The molecule has 6 rings (SSSR count). The minimum absolute atomic E-state index is 0.0397. The molecule has 1 fully saturated rings. The zero-order valence-corrected chi connectivity index (χ0v) is 31.8. The quantitative estimate of drug-likeness (QED) is 0.0367. The third-order valence-corrected chi connectivity index (χ3v) is 10.1. The molecule has 0 spiro atoms. The van der Waals surface area contributed by atoms with Crippen LogP contribution in [0.25, 0.3) is 11.1 Å². The molecule has 290 valence electrons. The van der Waals surface area contributed by atoms with Crippen LogP contribution in [-0.2, 0) is 14.4 Å². The summed E-state index contributed by atoms with van der Waals surface area (Å²) >= 11 is 6.27. The van der Waals surface area contributed by atoms with E-state index in [1.165, 1.54) is 0 Å². The van der Waals surface area contributed by atoms with Crippen LogP contribution in [0.5, 0.6) is 11.5 Å². The Bertz CT molecular complexity index is 2080. The van der Waals surface area contributed by atoms with Crippen molar-refractivity contribution < 1.29 is 33.8 Å². The van der Waals surface area contributed by atoms with E-state index in [0.29, 0.717) is 49.9 Å². The number of imide groups is 2.